The topological polar surface area (TPSA) is 54.5 Å². The quantitative estimate of drug-likeness (QED) is 0.622. The Morgan fingerprint density at radius 2 is 1.77 bits per heavy atom. The van der Waals surface area contributed by atoms with Crippen molar-refractivity contribution >= 4 is 38.6 Å². The smallest absolute Gasteiger partial charge is 0.264 e. The van der Waals surface area contributed by atoms with E-state index in [0.29, 0.717) is 11.3 Å². The summed E-state index contributed by atoms with van der Waals surface area (Å²) < 4.78 is 26.5. The van der Waals surface area contributed by atoms with Gasteiger partial charge in [0, 0.05) is 7.05 Å². The Morgan fingerprint density at radius 3 is 2.41 bits per heavy atom. The Hall–Kier alpha value is -2.11. The number of allylic oxidation sites excluding steroid dienone is 1. The van der Waals surface area contributed by atoms with Crippen LogP contribution in [0.15, 0.2) is 65.6 Å². The van der Waals surface area contributed by atoms with Gasteiger partial charge in [0.25, 0.3) is 10.0 Å². The van der Waals surface area contributed by atoms with Crippen LogP contribution in [0.5, 0.6) is 0 Å². The second-order valence-electron chi connectivity index (χ2n) is 4.52. The van der Waals surface area contributed by atoms with Crippen LogP contribution in [-0.2, 0) is 14.8 Å². The highest BCUT2D eigenvalue weighted by Crippen LogP contribution is 2.22. The molecule has 0 fully saturated rings. The van der Waals surface area contributed by atoms with E-state index in [4.69, 9.17) is 11.6 Å². The van der Waals surface area contributed by atoms with Crippen LogP contribution in [0.2, 0.25) is 0 Å². The van der Waals surface area contributed by atoms with E-state index in [1.165, 1.54) is 35.6 Å². The molecule has 114 valence electrons. The monoisotopic (exact) mass is 335 g/mol. The van der Waals surface area contributed by atoms with Crippen LogP contribution in [0.1, 0.15) is 5.56 Å². The fourth-order valence-electron chi connectivity index (χ4n) is 1.88. The van der Waals surface area contributed by atoms with Crippen molar-refractivity contribution in [1.29, 1.82) is 0 Å². The van der Waals surface area contributed by atoms with Gasteiger partial charge in [0.05, 0.1) is 10.6 Å². The van der Waals surface area contributed by atoms with E-state index in [0.717, 1.165) is 0 Å². The van der Waals surface area contributed by atoms with E-state index in [1.807, 2.05) is 6.07 Å². The van der Waals surface area contributed by atoms with E-state index in [9.17, 15) is 13.2 Å². The number of para-hydroxylation sites is 1. The molecule has 0 aromatic heterocycles. The van der Waals surface area contributed by atoms with Crippen molar-refractivity contribution in [3.05, 3.63) is 66.2 Å². The van der Waals surface area contributed by atoms with Gasteiger partial charge in [-0.15, -0.1) is 0 Å². The van der Waals surface area contributed by atoms with E-state index in [2.05, 4.69) is 0 Å². The number of benzene rings is 2. The van der Waals surface area contributed by atoms with Crippen molar-refractivity contribution < 1.29 is 13.2 Å². The van der Waals surface area contributed by atoms with Crippen LogP contribution < -0.4 is 4.31 Å². The summed E-state index contributed by atoms with van der Waals surface area (Å²) in [5, 5.41) is -0.616. The van der Waals surface area contributed by atoms with Crippen molar-refractivity contribution in [1.82, 2.24) is 0 Å². The lowest BCUT2D eigenvalue weighted by Crippen LogP contribution is -2.26. The van der Waals surface area contributed by atoms with Crippen LogP contribution in [0.4, 0.5) is 5.69 Å². The Labute approximate surface area is 134 Å². The Balaban J connectivity index is 2.38. The number of anilines is 1. The van der Waals surface area contributed by atoms with Crippen LogP contribution >= 0.6 is 11.6 Å². The summed E-state index contributed by atoms with van der Waals surface area (Å²) in [7, 11) is -2.18. The standard InChI is InChI=1S/C16H14ClNO3S/c1-18(14-7-3-2-4-8-14)22(20,21)15-9-5-6-13(12-15)10-11-16(17)19/h2-12H,1H3. The van der Waals surface area contributed by atoms with Crippen molar-refractivity contribution in [3.63, 3.8) is 0 Å². The number of halogens is 1. The maximum atomic E-state index is 12.6. The molecule has 0 radical (unpaired) electrons. The first kappa shape index (κ1) is 16.3. The van der Waals surface area contributed by atoms with E-state index >= 15 is 0 Å². The van der Waals surface area contributed by atoms with Crippen molar-refractivity contribution in [2.75, 3.05) is 11.4 Å². The van der Waals surface area contributed by atoms with Gasteiger partial charge in [-0.1, -0.05) is 36.4 Å². The predicted molar refractivity (Wildman–Crippen MR) is 88.4 cm³/mol. The third kappa shape index (κ3) is 3.75. The van der Waals surface area contributed by atoms with E-state index < -0.39 is 15.3 Å². The summed E-state index contributed by atoms with van der Waals surface area (Å²) in [6.07, 6.45) is 2.64. The van der Waals surface area contributed by atoms with Gasteiger partial charge < -0.3 is 0 Å². The molecule has 2 aromatic rings. The fourth-order valence-corrected chi connectivity index (χ4v) is 3.19. The number of carbonyl (C=O) groups excluding carboxylic acids is 1. The molecule has 0 bridgehead atoms. The first-order valence-corrected chi connectivity index (χ1v) is 8.24. The Bertz CT molecular complexity index is 801. The largest absolute Gasteiger partial charge is 0.276 e. The Morgan fingerprint density at radius 1 is 1.09 bits per heavy atom. The molecule has 0 aliphatic heterocycles. The maximum absolute atomic E-state index is 12.6. The van der Waals surface area contributed by atoms with Gasteiger partial charge in [-0.2, -0.15) is 0 Å². The van der Waals surface area contributed by atoms with E-state index in [-0.39, 0.29) is 4.90 Å². The molecule has 0 aliphatic carbocycles. The van der Waals surface area contributed by atoms with Gasteiger partial charge in [0.2, 0.25) is 5.24 Å². The summed E-state index contributed by atoms with van der Waals surface area (Å²) in [6.45, 7) is 0. The van der Waals surface area contributed by atoms with Gasteiger partial charge in [-0.3, -0.25) is 9.10 Å². The van der Waals surface area contributed by atoms with Crippen molar-refractivity contribution in [2.45, 2.75) is 4.90 Å². The summed E-state index contributed by atoms with van der Waals surface area (Å²) >= 11 is 5.24. The van der Waals surface area contributed by atoms with Crippen LogP contribution in [0.25, 0.3) is 6.08 Å². The van der Waals surface area contributed by atoms with Gasteiger partial charge >= 0.3 is 0 Å². The number of carbonyl (C=O) groups is 1. The zero-order valence-electron chi connectivity index (χ0n) is 11.8. The lowest BCUT2D eigenvalue weighted by Gasteiger charge is -2.19. The molecule has 4 nitrogen and oxygen atoms in total. The highest BCUT2D eigenvalue weighted by Gasteiger charge is 2.21. The molecule has 0 saturated carbocycles. The number of sulfonamides is 1. The molecule has 0 N–H and O–H groups in total. The maximum Gasteiger partial charge on any atom is 0.264 e. The van der Waals surface area contributed by atoms with Gasteiger partial charge in [-0.25, -0.2) is 8.42 Å². The van der Waals surface area contributed by atoms with Gasteiger partial charge in [0.1, 0.15) is 0 Å². The van der Waals surface area contributed by atoms with Gasteiger partial charge in [-0.05, 0) is 47.5 Å². The number of hydrogen-bond donors (Lipinski definition) is 0. The summed E-state index contributed by atoms with van der Waals surface area (Å²) in [6, 6.07) is 15.1. The molecule has 0 atom stereocenters. The summed E-state index contributed by atoms with van der Waals surface area (Å²) in [4.78, 5) is 10.9. The van der Waals surface area contributed by atoms with Gasteiger partial charge in [0.15, 0.2) is 0 Å². The van der Waals surface area contributed by atoms with Crippen LogP contribution in [0.3, 0.4) is 0 Å². The highest BCUT2D eigenvalue weighted by molar-refractivity contribution is 7.92. The highest BCUT2D eigenvalue weighted by atomic mass is 35.5. The molecular formula is C16H14ClNO3S. The fraction of sp³-hybridized carbons (Fsp3) is 0.0625. The first-order chi connectivity index (χ1) is 10.4. The second kappa shape index (κ2) is 6.77. The normalized spacial score (nSPS) is 11.5. The van der Waals surface area contributed by atoms with Crippen molar-refractivity contribution in [2.24, 2.45) is 0 Å². The third-order valence-electron chi connectivity index (χ3n) is 3.04. The molecule has 0 heterocycles. The minimum Gasteiger partial charge on any atom is -0.276 e. The molecular weight excluding hydrogens is 322 g/mol. The zero-order valence-corrected chi connectivity index (χ0v) is 13.4. The van der Waals surface area contributed by atoms with Crippen LogP contribution in [0, 0.1) is 0 Å². The average molecular weight is 336 g/mol. The SMILES string of the molecule is CN(c1ccccc1)S(=O)(=O)c1cccc(C=CC(=O)Cl)c1. The van der Waals surface area contributed by atoms with E-state index in [1.54, 1.807) is 36.4 Å². The lowest BCUT2D eigenvalue weighted by molar-refractivity contribution is -0.107. The third-order valence-corrected chi connectivity index (χ3v) is 4.95. The molecule has 0 aliphatic rings. The predicted octanol–water partition coefficient (Wildman–Crippen LogP) is 3.29. The molecule has 0 unspecified atom stereocenters. The molecule has 22 heavy (non-hydrogen) atoms. The average Bonchev–Trinajstić information content (AvgIpc) is 2.53. The summed E-state index contributed by atoms with van der Waals surface area (Å²) in [5.74, 6) is 0. The molecule has 2 aromatic carbocycles. The molecule has 6 heteroatoms. The minimum atomic E-state index is -3.67. The Kier molecular flexibility index (Phi) is 5.00. The molecule has 0 saturated heterocycles. The summed E-state index contributed by atoms with van der Waals surface area (Å²) in [5.41, 5.74) is 1.15. The number of hydrogen-bond acceptors (Lipinski definition) is 3. The molecule has 2 rings (SSSR count). The number of rotatable bonds is 5. The lowest BCUT2D eigenvalue weighted by atomic mass is 10.2. The minimum absolute atomic E-state index is 0.142. The number of nitrogens with zero attached hydrogens (tertiary/aromatic N) is 1. The zero-order chi connectivity index (χ0) is 16.2. The van der Waals surface area contributed by atoms with Crippen LogP contribution in [-0.4, -0.2) is 20.7 Å². The first-order valence-electron chi connectivity index (χ1n) is 6.43. The van der Waals surface area contributed by atoms with Crippen molar-refractivity contribution in [3.8, 4) is 0 Å². The molecule has 0 spiro atoms. The second-order valence-corrected chi connectivity index (χ2v) is 6.86. The molecule has 0 amide bonds.